The average molecular weight is 344 g/mol. The Bertz CT molecular complexity index is 837. The van der Waals surface area contributed by atoms with Gasteiger partial charge in [-0.3, -0.25) is 14.5 Å². The Morgan fingerprint density at radius 2 is 1.92 bits per heavy atom. The topological polar surface area (TPSA) is 78.5 Å². The molecule has 1 fully saturated rings. The third kappa shape index (κ3) is 2.96. The number of carbonyl (C=O) groups is 3. The molecule has 2 N–H and O–H groups in total. The lowest BCUT2D eigenvalue weighted by atomic mass is 10.1. The largest absolute Gasteiger partial charge is 0.324 e. The van der Waals surface area contributed by atoms with Gasteiger partial charge in [0.25, 0.3) is 11.8 Å². The molecule has 122 valence electrons. The fourth-order valence-corrected chi connectivity index (χ4v) is 2.66. The van der Waals surface area contributed by atoms with Crippen LogP contribution in [0.1, 0.15) is 22.0 Å². The molecule has 1 aliphatic heterocycles. The normalized spacial score (nSPS) is 16.9. The third-order valence-corrected chi connectivity index (χ3v) is 4.08. The molecule has 2 aromatic carbocycles. The van der Waals surface area contributed by atoms with Crippen molar-refractivity contribution in [1.82, 2.24) is 10.2 Å². The van der Waals surface area contributed by atoms with E-state index in [0.29, 0.717) is 21.8 Å². The van der Waals surface area contributed by atoms with Gasteiger partial charge >= 0.3 is 6.03 Å². The second kappa shape index (κ2) is 6.33. The van der Waals surface area contributed by atoms with Gasteiger partial charge in [-0.15, -0.1) is 0 Å². The van der Waals surface area contributed by atoms with E-state index in [2.05, 4.69) is 10.6 Å². The van der Waals surface area contributed by atoms with Gasteiger partial charge in [0.1, 0.15) is 6.04 Å². The lowest BCUT2D eigenvalue weighted by Crippen LogP contribution is -2.25. The monoisotopic (exact) mass is 343 g/mol. The molecule has 6 nitrogen and oxygen atoms in total. The van der Waals surface area contributed by atoms with Crippen molar-refractivity contribution < 1.29 is 14.4 Å². The van der Waals surface area contributed by atoms with Crippen LogP contribution in [0.5, 0.6) is 0 Å². The first-order valence-corrected chi connectivity index (χ1v) is 7.59. The number of nitrogens with zero attached hydrogens (tertiary/aromatic N) is 1. The molecule has 1 saturated heterocycles. The van der Waals surface area contributed by atoms with Gasteiger partial charge in [0.2, 0.25) is 0 Å². The van der Waals surface area contributed by atoms with Crippen LogP contribution in [-0.2, 0) is 4.79 Å². The fourth-order valence-electron chi connectivity index (χ4n) is 2.44. The van der Waals surface area contributed by atoms with E-state index in [1.54, 1.807) is 48.5 Å². The van der Waals surface area contributed by atoms with Crippen molar-refractivity contribution in [3.8, 4) is 0 Å². The van der Waals surface area contributed by atoms with Crippen LogP contribution in [0.15, 0.2) is 48.5 Å². The molecule has 0 spiro atoms. The molecule has 1 unspecified atom stereocenters. The van der Waals surface area contributed by atoms with Crippen LogP contribution in [0, 0.1) is 0 Å². The Morgan fingerprint density at radius 1 is 1.17 bits per heavy atom. The van der Waals surface area contributed by atoms with E-state index in [1.807, 2.05) is 0 Å². The molecule has 0 bridgehead atoms. The first-order valence-electron chi connectivity index (χ1n) is 7.21. The number of hydrogen-bond acceptors (Lipinski definition) is 3. The smallest absolute Gasteiger partial charge is 0.322 e. The molecule has 1 heterocycles. The predicted molar refractivity (Wildman–Crippen MR) is 89.9 cm³/mol. The molecular weight excluding hydrogens is 330 g/mol. The summed E-state index contributed by atoms with van der Waals surface area (Å²) in [7, 11) is 1.42. The number of amides is 4. The van der Waals surface area contributed by atoms with E-state index < -0.39 is 12.1 Å². The molecule has 1 aliphatic rings. The number of likely N-dealkylation sites (N-methyl/N-ethyl adjacent to an activating group) is 1. The fraction of sp³-hybridized carbons (Fsp3) is 0.118. The lowest BCUT2D eigenvalue weighted by Gasteiger charge is -2.11. The van der Waals surface area contributed by atoms with Crippen LogP contribution in [-0.4, -0.2) is 29.8 Å². The maximum Gasteiger partial charge on any atom is 0.324 e. The van der Waals surface area contributed by atoms with Crippen LogP contribution in [0.4, 0.5) is 10.5 Å². The Balaban J connectivity index is 1.82. The zero-order valence-electron chi connectivity index (χ0n) is 12.7. The summed E-state index contributed by atoms with van der Waals surface area (Å²) in [6.07, 6.45) is 0. The van der Waals surface area contributed by atoms with Crippen molar-refractivity contribution in [3.63, 3.8) is 0 Å². The van der Waals surface area contributed by atoms with E-state index in [1.165, 1.54) is 7.05 Å². The van der Waals surface area contributed by atoms with Gasteiger partial charge < -0.3 is 10.6 Å². The second-order valence-electron chi connectivity index (χ2n) is 5.34. The number of halogens is 1. The van der Waals surface area contributed by atoms with E-state index in [-0.39, 0.29) is 11.8 Å². The number of urea groups is 1. The van der Waals surface area contributed by atoms with Crippen molar-refractivity contribution in [2.45, 2.75) is 6.04 Å². The molecule has 1 atom stereocenters. The predicted octanol–water partition coefficient (Wildman–Crippen LogP) is 2.82. The summed E-state index contributed by atoms with van der Waals surface area (Å²) < 4.78 is 0. The van der Waals surface area contributed by atoms with Gasteiger partial charge in [-0.05, 0) is 29.8 Å². The van der Waals surface area contributed by atoms with Crippen molar-refractivity contribution in [1.29, 1.82) is 0 Å². The van der Waals surface area contributed by atoms with Gasteiger partial charge in [-0.25, -0.2) is 4.79 Å². The summed E-state index contributed by atoms with van der Waals surface area (Å²) in [6.45, 7) is 0. The highest BCUT2D eigenvalue weighted by Gasteiger charge is 2.36. The van der Waals surface area contributed by atoms with Crippen LogP contribution in [0.3, 0.4) is 0 Å². The summed E-state index contributed by atoms with van der Waals surface area (Å²) in [5.74, 6) is -0.689. The van der Waals surface area contributed by atoms with E-state index in [4.69, 9.17) is 11.6 Å². The maximum atomic E-state index is 12.3. The molecule has 4 amide bonds. The summed E-state index contributed by atoms with van der Waals surface area (Å²) in [4.78, 5) is 36.9. The standard InChI is InChI=1S/C17H14ClN3O3/c1-21-16(23)14(20-17(21)24)10-5-4-6-11(9-10)19-15(22)12-7-2-3-8-13(12)18/h2-9,14H,1H3,(H,19,22)(H,20,24). The Kier molecular flexibility index (Phi) is 4.22. The molecule has 0 saturated carbocycles. The minimum absolute atomic E-state index is 0.338. The average Bonchev–Trinajstić information content (AvgIpc) is 2.83. The summed E-state index contributed by atoms with van der Waals surface area (Å²) in [6, 6.07) is 12.3. The number of imide groups is 1. The quantitative estimate of drug-likeness (QED) is 0.841. The zero-order chi connectivity index (χ0) is 17.3. The van der Waals surface area contributed by atoms with Gasteiger partial charge in [-0.1, -0.05) is 35.9 Å². The maximum absolute atomic E-state index is 12.3. The van der Waals surface area contributed by atoms with Crippen molar-refractivity contribution in [3.05, 3.63) is 64.7 Å². The highest BCUT2D eigenvalue weighted by Crippen LogP contribution is 2.24. The van der Waals surface area contributed by atoms with Crippen molar-refractivity contribution in [2.24, 2.45) is 0 Å². The van der Waals surface area contributed by atoms with E-state index in [0.717, 1.165) is 4.90 Å². The minimum Gasteiger partial charge on any atom is -0.322 e. The van der Waals surface area contributed by atoms with Gasteiger partial charge in [0.15, 0.2) is 0 Å². The summed E-state index contributed by atoms with van der Waals surface area (Å²) >= 11 is 6.01. The molecule has 24 heavy (non-hydrogen) atoms. The lowest BCUT2D eigenvalue weighted by molar-refractivity contribution is -0.126. The molecular formula is C17H14ClN3O3. The molecule has 0 radical (unpaired) electrons. The van der Waals surface area contributed by atoms with Gasteiger partial charge in [0, 0.05) is 12.7 Å². The van der Waals surface area contributed by atoms with Gasteiger partial charge in [-0.2, -0.15) is 0 Å². The molecule has 2 aromatic rings. The van der Waals surface area contributed by atoms with E-state index >= 15 is 0 Å². The summed E-state index contributed by atoms with van der Waals surface area (Å²) in [5, 5.41) is 5.69. The number of carbonyl (C=O) groups excluding carboxylic acids is 3. The molecule has 3 rings (SSSR count). The number of nitrogens with one attached hydrogen (secondary N) is 2. The van der Waals surface area contributed by atoms with Crippen LogP contribution >= 0.6 is 11.6 Å². The minimum atomic E-state index is -0.750. The molecule has 7 heteroatoms. The van der Waals surface area contributed by atoms with E-state index in [9.17, 15) is 14.4 Å². The molecule has 0 aromatic heterocycles. The van der Waals surface area contributed by atoms with Crippen LogP contribution in [0.25, 0.3) is 0 Å². The van der Waals surface area contributed by atoms with Crippen molar-refractivity contribution >= 4 is 35.1 Å². The highest BCUT2D eigenvalue weighted by atomic mass is 35.5. The first-order chi connectivity index (χ1) is 11.5. The van der Waals surface area contributed by atoms with Gasteiger partial charge in [0.05, 0.1) is 10.6 Å². The Labute approximate surface area is 143 Å². The number of hydrogen-bond donors (Lipinski definition) is 2. The SMILES string of the molecule is CN1C(=O)NC(c2cccc(NC(=O)c3ccccc3Cl)c2)C1=O. The molecule has 0 aliphatic carbocycles. The number of anilines is 1. The van der Waals surface area contributed by atoms with Crippen LogP contribution in [0.2, 0.25) is 5.02 Å². The number of benzene rings is 2. The zero-order valence-corrected chi connectivity index (χ0v) is 13.5. The Morgan fingerprint density at radius 3 is 2.58 bits per heavy atom. The number of rotatable bonds is 3. The second-order valence-corrected chi connectivity index (χ2v) is 5.75. The van der Waals surface area contributed by atoms with Crippen LogP contribution < -0.4 is 10.6 Å². The highest BCUT2D eigenvalue weighted by molar-refractivity contribution is 6.34. The Hall–Kier alpha value is -2.86. The van der Waals surface area contributed by atoms with Crippen molar-refractivity contribution in [2.75, 3.05) is 12.4 Å². The summed E-state index contributed by atoms with van der Waals surface area (Å²) in [5.41, 5.74) is 1.46. The first kappa shape index (κ1) is 16.0. The third-order valence-electron chi connectivity index (χ3n) is 3.75.